The third-order valence-corrected chi connectivity index (χ3v) is 6.40. The van der Waals surface area contributed by atoms with E-state index in [2.05, 4.69) is 63.5 Å². The zero-order chi connectivity index (χ0) is 20.8. The number of anilines is 1. The number of carbonyl (C=O) groups is 1. The van der Waals surface area contributed by atoms with E-state index in [4.69, 9.17) is 0 Å². The van der Waals surface area contributed by atoms with Gasteiger partial charge in [-0.15, -0.1) is 0 Å². The first-order chi connectivity index (χ1) is 14.5. The summed E-state index contributed by atoms with van der Waals surface area (Å²) in [4.78, 5) is 29.7. The van der Waals surface area contributed by atoms with Crippen LogP contribution in [0.25, 0.3) is 11.4 Å². The van der Waals surface area contributed by atoms with Crippen LogP contribution in [0.5, 0.6) is 0 Å². The molecule has 1 spiro atoms. The predicted molar refractivity (Wildman–Crippen MR) is 115 cm³/mol. The summed E-state index contributed by atoms with van der Waals surface area (Å²) in [5, 5.41) is 3.24. The summed E-state index contributed by atoms with van der Waals surface area (Å²) in [6.07, 6.45) is 8.60. The van der Waals surface area contributed by atoms with Gasteiger partial charge in [0.1, 0.15) is 0 Å². The van der Waals surface area contributed by atoms with E-state index < -0.39 is 0 Å². The molecule has 0 bridgehead atoms. The molecule has 1 aliphatic heterocycles. The summed E-state index contributed by atoms with van der Waals surface area (Å²) in [6.45, 7) is 0.617. The second-order valence-electron chi connectivity index (χ2n) is 8.44. The van der Waals surface area contributed by atoms with Crippen molar-refractivity contribution in [3.8, 4) is 11.4 Å². The van der Waals surface area contributed by atoms with Crippen LogP contribution in [0.3, 0.4) is 0 Å². The summed E-state index contributed by atoms with van der Waals surface area (Å²) in [6, 6.07) is 14.2. The van der Waals surface area contributed by atoms with Gasteiger partial charge in [0.15, 0.2) is 5.82 Å². The highest BCUT2D eigenvalue weighted by atomic mass is 16.2. The lowest BCUT2D eigenvalue weighted by atomic mass is 9.59. The van der Waals surface area contributed by atoms with Crippen molar-refractivity contribution in [3.63, 3.8) is 0 Å². The maximum Gasteiger partial charge on any atom is 0.322 e. The minimum Gasteiger partial charge on any atom is -0.330 e. The standard InChI is InChI=1S/C23H24N6O/c1-28(2)23(18-6-4-3-5-7-18)14-22(15-23)16-29(21(30)27-22)19-12-25-20(26-13-19)17-8-10-24-11-9-17/h3-13H,14-16H2,1-2H3,(H,27,30)/t22-,23+. The quantitative estimate of drug-likeness (QED) is 0.729. The monoisotopic (exact) mass is 400 g/mol. The average molecular weight is 400 g/mol. The minimum absolute atomic E-state index is 0.0632. The lowest BCUT2D eigenvalue weighted by Crippen LogP contribution is -2.66. The first-order valence-electron chi connectivity index (χ1n) is 10.1. The largest absolute Gasteiger partial charge is 0.330 e. The highest BCUT2D eigenvalue weighted by molar-refractivity contribution is 5.95. The Morgan fingerprint density at radius 2 is 1.67 bits per heavy atom. The fraction of sp³-hybridized carbons (Fsp3) is 0.304. The molecular weight excluding hydrogens is 376 g/mol. The number of amides is 2. The first kappa shape index (κ1) is 18.7. The van der Waals surface area contributed by atoms with E-state index in [0.717, 1.165) is 18.4 Å². The highest BCUT2D eigenvalue weighted by Crippen LogP contribution is 2.53. The molecule has 1 saturated heterocycles. The number of pyridine rings is 1. The molecule has 0 radical (unpaired) electrons. The number of hydrogen-bond acceptors (Lipinski definition) is 5. The molecule has 3 aromatic rings. The van der Waals surface area contributed by atoms with Crippen LogP contribution in [0.15, 0.2) is 67.3 Å². The van der Waals surface area contributed by atoms with Crippen LogP contribution in [0.1, 0.15) is 18.4 Å². The van der Waals surface area contributed by atoms with Gasteiger partial charge in [-0.25, -0.2) is 14.8 Å². The average Bonchev–Trinajstić information content (AvgIpc) is 3.11. The number of aromatic nitrogens is 3. The molecule has 1 aliphatic carbocycles. The van der Waals surface area contributed by atoms with Gasteiger partial charge in [0.25, 0.3) is 0 Å². The van der Waals surface area contributed by atoms with Crippen molar-refractivity contribution in [2.45, 2.75) is 23.9 Å². The van der Waals surface area contributed by atoms with Crippen LogP contribution in [-0.2, 0) is 5.54 Å². The lowest BCUT2D eigenvalue weighted by molar-refractivity contribution is -0.0169. The number of nitrogens with one attached hydrogen (secondary N) is 1. The first-order valence-corrected chi connectivity index (χ1v) is 10.1. The third kappa shape index (κ3) is 2.93. The number of nitrogens with zero attached hydrogens (tertiary/aromatic N) is 5. The van der Waals surface area contributed by atoms with Crippen LogP contribution in [0.2, 0.25) is 0 Å². The van der Waals surface area contributed by atoms with Gasteiger partial charge in [-0.3, -0.25) is 14.8 Å². The predicted octanol–water partition coefficient (Wildman–Crippen LogP) is 3.06. The molecule has 2 aliphatic rings. The lowest BCUT2D eigenvalue weighted by Gasteiger charge is -2.57. The maximum absolute atomic E-state index is 12.8. The molecular formula is C23H24N6O. The molecule has 2 fully saturated rings. The van der Waals surface area contributed by atoms with E-state index in [1.54, 1.807) is 29.7 Å². The maximum atomic E-state index is 12.8. The molecule has 0 unspecified atom stereocenters. The smallest absolute Gasteiger partial charge is 0.322 e. The Bertz CT molecular complexity index is 1050. The normalized spacial score (nSPS) is 25.4. The zero-order valence-electron chi connectivity index (χ0n) is 17.1. The van der Waals surface area contributed by atoms with Gasteiger partial charge in [0, 0.05) is 18.0 Å². The van der Waals surface area contributed by atoms with E-state index in [-0.39, 0.29) is 17.1 Å². The Kier molecular flexibility index (Phi) is 4.29. The van der Waals surface area contributed by atoms with E-state index in [0.29, 0.717) is 18.1 Å². The molecule has 30 heavy (non-hydrogen) atoms. The van der Waals surface area contributed by atoms with Gasteiger partial charge in [0.05, 0.1) is 35.7 Å². The van der Waals surface area contributed by atoms with Gasteiger partial charge in [-0.1, -0.05) is 30.3 Å². The number of urea groups is 1. The Morgan fingerprint density at radius 1 is 1.00 bits per heavy atom. The molecule has 5 rings (SSSR count). The minimum atomic E-state index is -0.235. The van der Waals surface area contributed by atoms with Gasteiger partial charge in [-0.2, -0.15) is 0 Å². The van der Waals surface area contributed by atoms with Gasteiger partial charge in [-0.05, 0) is 44.6 Å². The third-order valence-electron chi connectivity index (χ3n) is 6.40. The molecule has 1 saturated carbocycles. The molecule has 2 aromatic heterocycles. The van der Waals surface area contributed by atoms with Crippen molar-refractivity contribution in [1.82, 2.24) is 25.2 Å². The van der Waals surface area contributed by atoms with Crippen LogP contribution in [0.4, 0.5) is 10.5 Å². The molecule has 2 amide bonds. The van der Waals surface area contributed by atoms with Crippen molar-refractivity contribution in [3.05, 3.63) is 72.8 Å². The summed E-state index contributed by atoms with van der Waals surface area (Å²) in [5.74, 6) is 0.620. The Labute approximate surface area is 175 Å². The Morgan fingerprint density at radius 3 is 2.30 bits per heavy atom. The SMILES string of the molecule is CN(C)[C@]1(c2ccccc2)C[C@@]2(CN(c3cnc(-c4ccncc4)nc3)C(=O)N2)C1. The number of carbonyl (C=O) groups excluding carboxylic acids is 1. The van der Waals surface area contributed by atoms with Crippen LogP contribution >= 0.6 is 0 Å². The van der Waals surface area contributed by atoms with Crippen LogP contribution in [-0.4, -0.2) is 52.1 Å². The summed E-state index contributed by atoms with van der Waals surface area (Å²) >= 11 is 0. The van der Waals surface area contributed by atoms with Crippen molar-refractivity contribution in [2.24, 2.45) is 0 Å². The Balaban J connectivity index is 1.35. The number of benzene rings is 1. The fourth-order valence-corrected chi connectivity index (χ4v) is 4.82. The molecule has 152 valence electrons. The van der Waals surface area contributed by atoms with E-state index in [1.807, 2.05) is 18.2 Å². The van der Waals surface area contributed by atoms with Gasteiger partial charge in [0.2, 0.25) is 0 Å². The Hall–Kier alpha value is -3.32. The highest BCUT2D eigenvalue weighted by Gasteiger charge is 2.61. The summed E-state index contributed by atoms with van der Waals surface area (Å²) < 4.78 is 0. The number of rotatable bonds is 4. The topological polar surface area (TPSA) is 74.2 Å². The summed E-state index contributed by atoms with van der Waals surface area (Å²) in [5.41, 5.74) is 2.60. The van der Waals surface area contributed by atoms with Crippen LogP contribution < -0.4 is 10.2 Å². The van der Waals surface area contributed by atoms with Crippen molar-refractivity contribution in [2.75, 3.05) is 25.5 Å². The molecule has 7 nitrogen and oxygen atoms in total. The second kappa shape index (κ2) is 6.88. The van der Waals surface area contributed by atoms with E-state index in [9.17, 15) is 4.79 Å². The van der Waals surface area contributed by atoms with Gasteiger partial charge >= 0.3 is 6.03 Å². The van der Waals surface area contributed by atoms with E-state index >= 15 is 0 Å². The van der Waals surface area contributed by atoms with Crippen molar-refractivity contribution in [1.29, 1.82) is 0 Å². The second-order valence-corrected chi connectivity index (χ2v) is 8.44. The van der Waals surface area contributed by atoms with Gasteiger partial charge < -0.3 is 5.32 Å². The molecule has 1 aromatic carbocycles. The van der Waals surface area contributed by atoms with E-state index in [1.165, 1.54) is 5.56 Å². The molecule has 0 atom stereocenters. The van der Waals surface area contributed by atoms with Crippen molar-refractivity contribution < 1.29 is 4.79 Å². The molecule has 1 N–H and O–H groups in total. The summed E-state index contributed by atoms with van der Waals surface area (Å²) in [7, 11) is 4.22. The number of hydrogen-bond donors (Lipinski definition) is 1. The fourth-order valence-electron chi connectivity index (χ4n) is 4.82. The molecule has 7 heteroatoms. The zero-order valence-corrected chi connectivity index (χ0v) is 17.1. The molecule has 3 heterocycles. The van der Waals surface area contributed by atoms with Crippen LogP contribution in [0, 0.1) is 0 Å². The van der Waals surface area contributed by atoms with Crippen molar-refractivity contribution >= 4 is 11.7 Å².